The Morgan fingerprint density at radius 1 is 1.00 bits per heavy atom. The Balaban J connectivity index is 2.99. The molecule has 2 rings (SSSR count). The normalized spacial score (nSPS) is 12.1. The Morgan fingerprint density at radius 2 is 1.65 bits per heavy atom. The van der Waals surface area contributed by atoms with E-state index in [4.69, 9.17) is 0 Å². The molecule has 0 saturated carbocycles. The average molecular weight is 292 g/mol. The lowest BCUT2D eigenvalue weighted by molar-refractivity contribution is 0.482. The molecule has 0 radical (unpaired) electrons. The molecule has 0 bridgehead atoms. The minimum atomic E-state index is -4.20. The van der Waals surface area contributed by atoms with Crippen LogP contribution in [-0.2, 0) is 23.0 Å². The number of fused-ring (bicyclic) bond motifs is 1. The first-order valence-electron chi connectivity index (χ1n) is 6.83. The van der Waals surface area contributed by atoms with E-state index in [-0.39, 0.29) is 4.90 Å². The van der Waals surface area contributed by atoms with Crippen LogP contribution in [0.1, 0.15) is 36.1 Å². The molecule has 0 atom stereocenters. The van der Waals surface area contributed by atoms with Crippen LogP contribution in [0.2, 0.25) is 0 Å². The molecule has 0 aromatic heterocycles. The summed E-state index contributed by atoms with van der Waals surface area (Å²) in [6.45, 7) is 7.89. The third kappa shape index (κ3) is 2.34. The molecule has 0 amide bonds. The van der Waals surface area contributed by atoms with E-state index in [0.29, 0.717) is 12.0 Å². The van der Waals surface area contributed by atoms with Crippen molar-refractivity contribution in [3.05, 3.63) is 40.5 Å². The van der Waals surface area contributed by atoms with Gasteiger partial charge in [0, 0.05) is 0 Å². The molecule has 0 saturated heterocycles. The quantitative estimate of drug-likeness (QED) is 0.875. The van der Waals surface area contributed by atoms with Crippen LogP contribution in [-0.4, -0.2) is 13.0 Å². The van der Waals surface area contributed by atoms with Gasteiger partial charge in [-0.2, -0.15) is 8.42 Å². The molecular formula is C16H20O3S. The zero-order valence-corrected chi connectivity index (χ0v) is 13.1. The maximum absolute atomic E-state index is 11.6. The Hall–Kier alpha value is -1.39. The van der Waals surface area contributed by atoms with Gasteiger partial charge in [-0.1, -0.05) is 26.0 Å². The van der Waals surface area contributed by atoms with Gasteiger partial charge in [-0.15, -0.1) is 0 Å². The van der Waals surface area contributed by atoms with Crippen molar-refractivity contribution in [1.29, 1.82) is 0 Å². The van der Waals surface area contributed by atoms with Crippen LogP contribution in [0, 0.1) is 13.8 Å². The second-order valence-electron chi connectivity index (χ2n) is 5.11. The van der Waals surface area contributed by atoms with Crippen molar-refractivity contribution >= 4 is 20.9 Å². The van der Waals surface area contributed by atoms with Crippen molar-refractivity contribution in [3.8, 4) is 0 Å². The molecule has 2 aromatic carbocycles. The SMILES string of the molecule is CCc1ccc2c(C)c(CC)c(S(=O)(=O)O)cc2c1C. The fourth-order valence-corrected chi connectivity index (χ4v) is 3.78. The summed E-state index contributed by atoms with van der Waals surface area (Å²) in [7, 11) is -4.20. The first-order chi connectivity index (χ1) is 9.31. The van der Waals surface area contributed by atoms with E-state index < -0.39 is 10.1 Å². The molecule has 2 aromatic rings. The van der Waals surface area contributed by atoms with Crippen molar-refractivity contribution < 1.29 is 13.0 Å². The topological polar surface area (TPSA) is 54.4 Å². The summed E-state index contributed by atoms with van der Waals surface area (Å²) in [5, 5.41) is 1.97. The number of rotatable bonds is 3. The smallest absolute Gasteiger partial charge is 0.282 e. The van der Waals surface area contributed by atoms with Gasteiger partial charge in [0.1, 0.15) is 0 Å². The highest BCUT2D eigenvalue weighted by Gasteiger charge is 2.19. The number of benzene rings is 2. The Morgan fingerprint density at radius 3 is 2.15 bits per heavy atom. The van der Waals surface area contributed by atoms with E-state index >= 15 is 0 Å². The molecule has 0 aliphatic heterocycles. The first-order valence-corrected chi connectivity index (χ1v) is 8.27. The highest BCUT2D eigenvalue weighted by molar-refractivity contribution is 7.85. The van der Waals surface area contributed by atoms with Gasteiger partial charge in [0.05, 0.1) is 4.90 Å². The minimum absolute atomic E-state index is 0.0429. The van der Waals surface area contributed by atoms with Crippen LogP contribution in [0.15, 0.2) is 23.1 Å². The van der Waals surface area contributed by atoms with Crippen LogP contribution < -0.4 is 0 Å². The largest absolute Gasteiger partial charge is 0.294 e. The van der Waals surface area contributed by atoms with E-state index in [1.807, 2.05) is 26.8 Å². The van der Waals surface area contributed by atoms with Gasteiger partial charge in [0.15, 0.2) is 0 Å². The Labute approximate surface area is 120 Å². The maximum atomic E-state index is 11.6. The summed E-state index contributed by atoms with van der Waals surface area (Å²) < 4.78 is 32.7. The molecule has 4 heteroatoms. The number of hydrogen-bond acceptors (Lipinski definition) is 2. The average Bonchev–Trinajstić information content (AvgIpc) is 2.38. The fraction of sp³-hybridized carbons (Fsp3) is 0.375. The van der Waals surface area contributed by atoms with E-state index in [9.17, 15) is 13.0 Å². The van der Waals surface area contributed by atoms with Crippen molar-refractivity contribution in [2.24, 2.45) is 0 Å². The minimum Gasteiger partial charge on any atom is -0.282 e. The van der Waals surface area contributed by atoms with Crippen LogP contribution in [0.25, 0.3) is 10.8 Å². The van der Waals surface area contributed by atoms with Crippen LogP contribution in [0.4, 0.5) is 0 Å². The number of hydrogen-bond donors (Lipinski definition) is 1. The lowest BCUT2D eigenvalue weighted by Gasteiger charge is -2.15. The lowest BCUT2D eigenvalue weighted by Crippen LogP contribution is -2.06. The zero-order chi connectivity index (χ0) is 15.1. The molecule has 1 N–H and O–H groups in total. The number of aryl methyl sites for hydroxylation is 3. The molecule has 0 unspecified atom stereocenters. The highest BCUT2D eigenvalue weighted by Crippen LogP contribution is 2.32. The van der Waals surface area contributed by atoms with E-state index in [1.165, 1.54) is 5.56 Å². The molecule has 3 nitrogen and oxygen atoms in total. The maximum Gasteiger partial charge on any atom is 0.294 e. The third-order valence-electron chi connectivity index (χ3n) is 4.07. The third-order valence-corrected chi connectivity index (χ3v) is 4.99. The van der Waals surface area contributed by atoms with Crippen molar-refractivity contribution in [3.63, 3.8) is 0 Å². The van der Waals surface area contributed by atoms with Gasteiger partial charge < -0.3 is 0 Å². The molecule has 108 valence electrons. The van der Waals surface area contributed by atoms with Gasteiger partial charge in [-0.05, 0) is 65.8 Å². The van der Waals surface area contributed by atoms with Crippen LogP contribution >= 0.6 is 0 Å². The standard InChI is InChI=1S/C16H20O3S/c1-5-12-7-8-14-11(4)13(6-2)16(20(17,18)19)9-15(14)10(12)3/h7-9H,5-6H2,1-4H3,(H,17,18,19). The van der Waals surface area contributed by atoms with Crippen LogP contribution in [0.5, 0.6) is 0 Å². The van der Waals surface area contributed by atoms with Gasteiger partial charge in [0.25, 0.3) is 10.1 Å². The van der Waals surface area contributed by atoms with Gasteiger partial charge in [-0.3, -0.25) is 4.55 Å². The summed E-state index contributed by atoms with van der Waals surface area (Å²) in [5.41, 5.74) is 3.91. The first kappa shape index (κ1) is 15.0. The molecule has 0 aliphatic rings. The van der Waals surface area contributed by atoms with Crippen molar-refractivity contribution in [2.45, 2.75) is 45.4 Å². The van der Waals surface area contributed by atoms with Gasteiger partial charge in [-0.25, -0.2) is 0 Å². The molecule has 0 fully saturated rings. The van der Waals surface area contributed by atoms with E-state index in [2.05, 4.69) is 13.0 Å². The van der Waals surface area contributed by atoms with Crippen molar-refractivity contribution in [2.75, 3.05) is 0 Å². The monoisotopic (exact) mass is 292 g/mol. The van der Waals surface area contributed by atoms with Gasteiger partial charge >= 0.3 is 0 Å². The molecule has 0 heterocycles. The highest BCUT2D eigenvalue weighted by atomic mass is 32.2. The molecule has 0 aliphatic carbocycles. The summed E-state index contributed by atoms with van der Waals surface area (Å²) in [4.78, 5) is 0.0429. The summed E-state index contributed by atoms with van der Waals surface area (Å²) >= 11 is 0. The summed E-state index contributed by atoms with van der Waals surface area (Å²) in [5.74, 6) is 0. The second kappa shape index (κ2) is 5.19. The predicted molar refractivity (Wildman–Crippen MR) is 82.0 cm³/mol. The predicted octanol–water partition coefficient (Wildman–Crippen LogP) is 3.83. The summed E-state index contributed by atoms with van der Waals surface area (Å²) in [6.07, 6.45) is 1.48. The molecular weight excluding hydrogens is 272 g/mol. The molecule has 0 spiro atoms. The lowest BCUT2D eigenvalue weighted by atomic mass is 9.93. The van der Waals surface area contributed by atoms with Crippen LogP contribution in [0.3, 0.4) is 0 Å². The fourth-order valence-electron chi connectivity index (χ4n) is 2.90. The van der Waals surface area contributed by atoms with Gasteiger partial charge in [0.2, 0.25) is 0 Å². The van der Waals surface area contributed by atoms with Crippen molar-refractivity contribution in [1.82, 2.24) is 0 Å². The Bertz CT molecular complexity index is 774. The Kier molecular flexibility index (Phi) is 3.89. The molecule has 20 heavy (non-hydrogen) atoms. The second-order valence-corrected chi connectivity index (χ2v) is 6.50. The van der Waals surface area contributed by atoms with E-state index in [1.54, 1.807) is 6.07 Å². The summed E-state index contributed by atoms with van der Waals surface area (Å²) in [6, 6.07) is 5.76. The van der Waals surface area contributed by atoms with E-state index in [0.717, 1.165) is 28.3 Å². The zero-order valence-electron chi connectivity index (χ0n) is 12.3.